The van der Waals surface area contributed by atoms with Crippen LogP contribution in [-0.4, -0.2) is 28.6 Å². The van der Waals surface area contributed by atoms with Crippen molar-refractivity contribution in [2.75, 3.05) is 6.54 Å². The van der Waals surface area contributed by atoms with Crippen LogP contribution >= 0.6 is 0 Å². The molecule has 0 aliphatic heterocycles. The van der Waals surface area contributed by atoms with E-state index >= 15 is 0 Å². The predicted octanol–water partition coefficient (Wildman–Crippen LogP) is 2.29. The molecule has 1 unspecified atom stereocenters. The minimum Gasteiger partial charge on any atom is -0.391 e. The molecule has 1 aliphatic rings. The van der Waals surface area contributed by atoms with Crippen LogP contribution in [0, 0.1) is 19.8 Å². The van der Waals surface area contributed by atoms with Gasteiger partial charge < -0.3 is 15.4 Å². The first-order chi connectivity index (χ1) is 9.56. The second-order valence-corrected chi connectivity index (χ2v) is 5.75. The number of amides is 1. The average Bonchev–Trinajstić information content (AvgIpc) is 3.24. The number of aliphatic hydroxyl groups excluding tert-OH is 1. The van der Waals surface area contributed by atoms with Crippen molar-refractivity contribution in [1.82, 2.24) is 10.3 Å². The summed E-state index contributed by atoms with van der Waals surface area (Å²) in [6.07, 6.45) is 1.74. The van der Waals surface area contributed by atoms with E-state index in [1.54, 1.807) is 0 Å². The third-order valence-corrected chi connectivity index (χ3v) is 4.21. The molecule has 106 valence electrons. The van der Waals surface area contributed by atoms with Crippen LogP contribution < -0.4 is 5.32 Å². The molecule has 0 spiro atoms. The second kappa shape index (κ2) is 4.94. The molecular weight excluding hydrogens is 252 g/mol. The molecule has 1 atom stereocenters. The lowest BCUT2D eigenvalue weighted by atomic mass is 10.1. The van der Waals surface area contributed by atoms with Crippen molar-refractivity contribution >= 4 is 16.8 Å². The van der Waals surface area contributed by atoms with Gasteiger partial charge >= 0.3 is 0 Å². The SMILES string of the molecule is Cc1[nH]c2ccc(C(=O)NCC(O)C3CC3)cc2c1C. The molecule has 3 rings (SSSR count). The van der Waals surface area contributed by atoms with Crippen molar-refractivity contribution in [2.24, 2.45) is 5.92 Å². The number of carbonyl (C=O) groups excluding carboxylic acids is 1. The molecule has 4 heteroatoms. The van der Waals surface area contributed by atoms with Crippen molar-refractivity contribution in [2.45, 2.75) is 32.8 Å². The summed E-state index contributed by atoms with van der Waals surface area (Å²) in [5.74, 6) is 0.261. The number of aryl methyl sites for hydroxylation is 2. The molecule has 1 aromatic carbocycles. The zero-order valence-electron chi connectivity index (χ0n) is 11.9. The van der Waals surface area contributed by atoms with E-state index in [1.165, 1.54) is 5.56 Å². The maximum atomic E-state index is 12.1. The molecule has 4 nitrogen and oxygen atoms in total. The molecule has 1 amide bonds. The molecule has 1 fully saturated rings. The number of aromatic nitrogens is 1. The minimum atomic E-state index is -0.404. The van der Waals surface area contributed by atoms with E-state index in [4.69, 9.17) is 0 Å². The Labute approximate surface area is 118 Å². The summed E-state index contributed by atoms with van der Waals surface area (Å²) in [6, 6.07) is 5.66. The molecule has 1 aromatic heterocycles. The molecule has 1 saturated carbocycles. The van der Waals surface area contributed by atoms with Crippen molar-refractivity contribution in [1.29, 1.82) is 0 Å². The lowest BCUT2D eigenvalue weighted by molar-refractivity contribution is 0.0901. The third-order valence-electron chi connectivity index (χ3n) is 4.21. The first-order valence-corrected chi connectivity index (χ1v) is 7.11. The molecule has 1 heterocycles. The molecule has 0 radical (unpaired) electrons. The zero-order chi connectivity index (χ0) is 14.3. The van der Waals surface area contributed by atoms with Crippen molar-refractivity contribution < 1.29 is 9.90 Å². The van der Waals surface area contributed by atoms with Gasteiger partial charge in [-0.1, -0.05) is 0 Å². The fraction of sp³-hybridized carbons (Fsp3) is 0.438. The summed E-state index contributed by atoms with van der Waals surface area (Å²) in [6.45, 7) is 4.42. The second-order valence-electron chi connectivity index (χ2n) is 5.75. The van der Waals surface area contributed by atoms with E-state index < -0.39 is 6.10 Å². The summed E-state index contributed by atoms with van der Waals surface area (Å²) >= 11 is 0. The number of aliphatic hydroxyl groups is 1. The van der Waals surface area contributed by atoms with Crippen LogP contribution in [0.25, 0.3) is 10.9 Å². The topological polar surface area (TPSA) is 65.1 Å². The van der Waals surface area contributed by atoms with Crippen molar-refractivity contribution in [3.05, 3.63) is 35.0 Å². The van der Waals surface area contributed by atoms with Gasteiger partial charge in [0.2, 0.25) is 0 Å². The van der Waals surface area contributed by atoms with Crippen LogP contribution in [-0.2, 0) is 0 Å². The summed E-state index contributed by atoms with van der Waals surface area (Å²) in [7, 11) is 0. The predicted molar refractivity (Wildman–Crippen MR) is 78.8 cm³/mol. The summed E-state index contributed by atoms with van der Waals surface area (Å²) in [5, 5.41) is 13.7. The van der Waals surface area contributed by atoms with Gasteiger partial charge in [0, 0.05) is 28.7 Å². The third kappa shape index (κ3) is 2.43. The average molecular weight is 272 g/mol. The van der Waals surface area contributed by atoms with E-state index in [1.807, 2.05) is 32.0 Å². The van der Waals surface area contributed by atoms with Crippen molar-refractivity contribution in [3.8, 4) is 0 Å². The van der Waals surface area contributed by atoms with Gasteiger partial charge in [-0.15, -0.1) is 0 Å². The molecule has 0 saturated heterocycles. The normalized spacial score (nSPS) is 16.4. The van der Waals surface area contributed by atoms with Gasteiger partial charge in [-0.2, -0.15) is 0 Å². The van der Waals surface area contributed by atoms with E-state index in [2.05, 4.69) is 10.3 Å². The number of rotatable bonds is 4. The number of carbonyl (C=O) groups is 1. The number of H-pyrrole nitrogens is 1. The maximum Gasteiger partial charge on any atom is 0.251 e. The lowest BCUT2D eigenvalue weighted by Gasteiger charge is -2.10. The Morgan fingerprint density at radius 1 is 1.45 bits per heavy atom. The Morgan fingerprint density at radius 2 is 2.20 bits per heavy atom. The van der Waals surface area contributed by atoms with Gasteiger partial charge in [0.25, 0.3) is 5.91 Å². The number of aromatic amines is 1. The largest absolute Gasteiger partial charge is 0.391 e. The van der Waals surface area contributed by atoms with Crippen LogP contribution in [0.1, 0.15) is 34.5 Å². The van der Waals surface area contributed by atoms with Gasteiger partial charge in [-0.05, 0) is 56.4 Å². The van der Waals surface area contributed by atoms with E-state index in [0.717, 1.165) is 29.4 Å². The zero-order valence-corrected chi connectivity index (χ0v) is 11.9. The molecular formula is C16H20N2O2. The van der Waals surface area contributed by atoms with Gasteiger partial charge in [0.15, 0.2) is 0 Å². The fourth-order valence-corrected chi connectivity index (χ4v) is 2.55. The highest BCUT2D eigenvalue weighted by Gasteiger charge is 2.29. The molecule has 0 bridgehead atoms. The lowest BCUT2D eigenvalue weighted by Crippen LogP contribution is -2.33. The number of hydrogen-bond acceptors (Lipinski definition) is 2. The highest BCUT2D eigenvalue weighted by atomic mass is 16.3. The van der Waals surface area contributed by atoms with Crippen LogP contribution in [0.2, 0.25) is 0 Å². The van der Waals surface area contributed by atoms with Crippen LogP contribution in [0.5, 0.6) is 0 Å². The first-order valence-electron chi connectivity index (χ1n) is 7.11. The number of benzene rings is 1. The highest BCUT2D eigenvalue weighted by Crippen LogP contribution is 2.32. The monoisotopic (exact) mass is 272 g/mol. The summed E-state index contributed by atoms with van der Waals surface area (Å²) in [5.41, 5.74) is 3.99. The number of fused-ring (bicyclic) bond motifs is 1. The van der Waals surface area contributed by atoms with Gasteiger partial charge in [-0.25, -0.2) is 0 Å². The van der Waals surface area contributed by atoms with Crippen LogP contribution in [0.15, 0.2) is 18.2 Å². The highest BCUT2D eigenvalue weighted by molar-refractivity contribution is 5.99. The maximum absolute atomic E-state index is 12.1. The first kappa shape index (κ1) is 13.2. The van der Waals surface area contributed by atoms with Crippen molar-refractivity contribution in [3.63, 3.8) is 0 Å². The smallest absolute Gasteiger partial charge is 0.251 e. The minimum absolute atomic E-state index is 0.121. The van der Waals surface area contributed by atoms with Gasteiger partial charge in [0.05, 0.1) is 6.10 Å². The molecule has 2 aromatic rings. The number of nitrogens with one attached hydrogen (secondary N) is 2. The Hall–Kier alpha value is -1.81. The van der Waals surface area contributed by atoms with Gasteiger partial charge in [-0.3, -0.25) is 4.79 Å². The Kier molecular flexibility index (Phi) is 3.26. The van der Waals surface area contributed by atoms with E-state index in [0.29, 0.717) is 18.0 Å². The molecule has 1 aliphatic carbocycles. The quantitative estimate of drug-likeness (QED) is 0.799. The van der Waals surface area contributed by atoms with E-state index in [-0.39, 0.29) is 5.91 Å². The fourth-order valence-electron chi connectivity index (χ4n) is 2.55. The summed E-state index contributed by atoms with van der Waals surface area (Å²) < 4.78 is 0. The van der Waals surface area contributed by atoms with Crippen LogP contribution in [0.3, 0.4) is 0 Å². The Balaban J connectivity index is 1.75. The van der Waals surface area contributed by atoms with E-state index in [9.17, 15) is 9.90 Å². The van der Waals surface area contributed by atoms with Crippen LogP contribution in [0.4, 0.5) is 0 Å². The molecule has 20 heavy (non-hydrogen) atoms. The Morgan fingerprint density at radius 3 is 2.90 bits per heavy atom. The summed E-state index contributed by atoms with van der Waals surface area (Å²) in [4.78, 5) is 15.4. The number of hydrogen-bond donors (Lipinski definition) is 3. The standard InChI is InChI=1S/C16H20N2O2/c1-9-10(2)18-14-6-5-12(7-13(9)14)16(20)17-8-15(19)11-3-4-11/h5-7,11,15,18-19H,3-4,8H2,1-2H3,(H,17,20). The Bertz CT molecular complexity index is 656. The molecule has 3 N–H and O–H groups in total. The van der Waals surface area contributed by atoms with Gasteiger partial charge in [0.1, 0.15) is 0 Å².